The van der Waals surface area contributed by atoms with Crippen molar-refractivity contribution in [3.05, 3.63) is 29.3 Å². The number of phenolic OH excluding ortho intramolecular Hbond substituents is 1. The zero-order valence-electron chi connectivity index (χ0n) is 22.9. The molecule has 3 rings (SSSR count). The van der Waals surface area contributed by atoms with Gasteiger partial charge >= 0.3 is 6.09 Å². The van der Waals surface area contributed by atoms with Gasteiger partial charge in [0, 0.05) is 17.6 Å². The molecule has 1 aromatic rings. The number of amides is 4. The van der Waals surface area contributed by atoms with Gasteiger partial charge in [-0.3, -0.25) is 14.4 Å². The third-order valence-electron chi connectivity index (χ3n) is 7.16. The Morgan fingerprint density at radius 3 is 2.29 bits per heavy atom. The van der Waals surface area contributed by atoms with Gasteiger partial charge in [-0.1, -0.05) is 37.5 Å². The molecule has 10 nitrogen and oxygen atoms in total. The van der Waals surface area contributed by atoms with Gasteiger partial charge in [-0.05, 0) is 65.4 Å². The van der Waals surface area contributed by atoms with Crippen LogP contribution in [-0.2, 0) is 19.1 Å². The molecule has 2 fully saturated rings. The van der Waals surface area contributed by atoms with E-state index in [4.69, 9.17) is 10.5 Å². The van der Waals surface area contributed by atoms with Crippen molar-refractivity contribution in [2.75, 3.05) is 0 Å². The fourth-order valence-corrected chi connectivity index (χ4v) is 5.06. The highest BCUT2D eigenvalue weighted by molar-refractivity contribution is 5.95. The van der Waals surface area contributed by atoms with Crippen molar-refractivity contribution >= 4 is 23.8 Å². The molecule has 38 heavy (non-hydrogen) atoms. The molecular weight excluding hydrogens is 488 g/mol. The summed E-state index contributed by atoms with van der Waals surface area (Å²) in [5.74, 6) is -1.87. The SMILES string of the molecule is Cc1cccc(C(C(=O)NC2CCCCC2)N(C(=O)C(CC(N)=O)NC(=O)OC(C)(C)C)C2CCC2)c1O. The molecule has 2 atom stereocenters. The smallest absolute Gasteiger partial charge is 0.408 e. The molecular formula is C28H42N4O6. The van der Waals surface area contributed by atoms with Crippen molar-refractivity contribution < 1.29 is 29.0 Å². The number of para-hydroxylation sites is 1. The number of alkyl carbamates (subject to hydrolysis) is 1. The van der Waals surface area contributed by atoms with Crippen LogP contribution in [-0.4, -0.2) is 57.5 Å². The Labute approximate surface area is 224 Å². The second kappa shape index (κ2) is 12.5. The van der Waals surface area contributed by atoms with Crippen LogP contribution in [0.1, 0.15) is 95.7 Å². The highest BCUT2D eigenvalue weighted by Gasteiger charge is 2.43. The summed E-state index contributed by atoms with van der Waals surface area (Å²) in [5.41, 5.74) is 5.49. The molecule has 4 amide bonds. The molecule has 0 saturated heterocycles. The number of aromatic hydroxyl groups is 1. The third-order valence-corrected chi connectivity index (χ3v) is 7.16. The first-order chi connectivity index (χ1) is 17.9. The molecule has 5 N–H and O–H groups in total. The molecule has 210 valence electrons. The number of phenols is 1. The molecule has 0 aromatic heterocycles. The van der Waals surface area contributed by atoms with E-state index in [9.17, 15) is 24.3 Å². The van der Waals surface area contributed by atoms with Crippen molar-refractivity contribution in [2.45, 2.75) is 115 Å². The van der Waals surface area contributed by atoms with E-state index < -0.39 is 47.9 Å². The second-order valence-electron chi connectivity index (χ2n) is 11.5. The Balaban J connectivity index is 2.01. The first kappa shape index (κ1) is 29.3. The predicted molar refractivity (Wildman–Crippen MR) is 142 cm³/mol. The van der Waals surface area contributed by atoms with Gasteiger partial charge in [-0.2, -0.15) is 0 Å². The number of nitrogens with zero attached hydrogens (tertiary/aromatic N) is 1. The molecule has 0 aliphatic heterocycles. The van der Waals surface area contributed by atoms with E-state index in [1.165, 1.54) is 4.90 Å². The maximum absolute atomic E-state index is 14.1. The lowest BCUT2D eigenvalue weighted by Crippen LogP contribution is -2.58. The average Bonchev–Trinajstić information content (AvgIpc) is 2.78. The van der Waals surface area contributed by atoms with Gasteiger partial charge in [0.15, 0.2) is 0 Å². The lowest BCUT2D eigenvalue weighted by Gasteiger charge is -2.44. The molecule has 1 aromatic carbocycles. The van der Waals surface area contributed by atoms with Crippen LogP contribution >= 0.6 is 0 Å². The van der Waals surface area contributed by atoms with Crippen LogP contribution in [0.2, 0.25) is 0 Å². The van der Waals surface area contributed by atoms with Crippen molar-refractivity contribution in [3.8, 4) is 5.75 Å². The number of carbonyl (C=O) groups is 4. The van der Waals surface area contributed by atoms with Gasteiger partial charge in [0.05, 0.1) is 6.42 Å². The molecule has 2 aliphatic carbocycles. The molecule has 2 saturated carbocycles. The van der Waals surface area contributed by atoms with Crippen molar-refractivity contribution in [1.82, 2.24) is 15.5 Å². The molecule has 0 bridgehead atoms. The van der Waals surface area contributed by atoms with E-state index in [1.807, 2.05) is 0 Å². The molecule has 2 aliphatic rings. The minimum atomic E-state index is -1.33. The van der Waals surface area contributed by atoms with Crippen molar-refractivity contribution in [2.24, 2.45) is 5.73 Å². The van der Waals surface area contributed by atoms with Crippen LogP contribution < -0.4 is 16.4 Å². The summed E-state index contributed by atoms with van der Waals surface area (Å²) >= 11 is 0. The van der Waals surface area contributed by atoms with Crippen molar-refractivity contribution in [1.29, 1.82) is 0 Å². The van der Waals surface area contributed by atoms with Crippen LogP contribution in [0.4, 0.5) is 4.79 Å². The molecule has 2 unspecified atom stereocenters. The first-order valence-corrected chi connectivity index (χ1v) is 13.6. The Hall–Kier alpha value is -3.30. The summed E-state index contributed by atoms with van der Waals surface area (Å²) in [6.07, 6.45) is 5.68. The summed E-state index contributed by atoms with van der Waals surface area (Å²) in [7, 11) is 0. The Bertz CT molecular complexity index is 1030. The van der Waals surface area contributed by atoms with Gasteiger partial charge in [0.25, 0.3) is 0 Å². The van der Waals surface area contributed by atoms with E-state index >= 15 is 0 Å². The van der Waals surface area contributed by atoms with Gasteiger partial charge in [-0.25, -0.2) is 4.79 Å². The van der Waals surface area contributed by atoms with E-state index in [-0.39, 0.29) is 17.8 Å². The summed E-state index contributed by atoms with van der Waals surface area (Å²) in [4.78, 5) is 54.0. The number of carbonyl (C=O) groups excluding carboxylic acids is 4. The van der Waals surface area contributed by atoms with Crippen molar-refractivity contribution in [3.63, 3.8) is 0 Å². The van der Waals surface area contributed by atoms with Crippen LogP contribution in [0.25, 0.3) is 0 Å². The monoisotopic (exact) mass is 530 g/mol. The number of rotatable bonds is 9. The number of nitrogens with one attached hydrogen (secondary N) is 2. The molecule has 0 heterocycles. The van der Waals surface area contributed by atoms with Gasteiger partial charge < -0.3 is 31.1 Å². The van der Waals surface area contributed by atoms with E-state index in [0.29, 0.717) is 24.0 Å². The standard InChI is InChI=1S/C28H42N4O6/c1-17-10-8-15-20(24(17)34)23(25(35)30-18-11-6-5-7-12-18)32(19-13-9-14-19)26(36)21(16-22(29)33)31-27(37)38-28(2,3)4/h8,10,15,18-19,21,23,34H,5-7,9,11-14,16H2,1-4H3,(H2,29,33)(H,30,35)(H,31,37). The number of ether oxygens (including phenoxy) is 1. The van der Waals surface area contributed by atoms with E-state index in [2.05, 4.69) is 10.6 Å². The minimum Gasteiger partial charge on any atom is -0.507 e. The maximum atomic E-state index is 14.1. The lowest BCUT2D eigenvalue weighted by molar-refractivity contribution is -0.148. The highest BCUT2D eigenvalue weighted by atomic mass is 16.6. The van der Waals surface area contributed by atoms with E-state index in [1.54, 1.807) is 45.9 Å². The van der Waals surface area contributed by atoms with Crippen LogP contribution in [0.15, 0.2) is 18.2 Å². The average molecular weight is 531 g/mol. The van der Waals surface area contributed by atoms with Crippen LogP contribution in [0, 0.1) is 6.92 Å². The molecule has 0 spiro atoms. The number of hydrogen-bond acceptors (Lipinski definition) is 6. The summed E-state index contributed by atoms with van der Waals surface area (Å²) in [6, 6.07) is 2.28. The third kappa shape index (κ3) is 7.61. The number of aryl methyl sites for hydroxylation is 1. The summed E-state index contributed by atoms with van der Waals surface area (Å²) in [6.45, 7) is 6.78. The molecule has 10 heteroatoms. The number of hydrogen-bond donors (Lipinski definition) is 4. The quantitative estimate of drug-likeness (QED) is 0.384. The fraction of sp³-hybridized carbons (Fsp3) is 0.643. The van der Waals surface area contributed by atoms with Crippen LogP contribution in [0.5, 0.6) is 5.75 Å². The Morgan fingerprint density at radius 2 is 1.74 bits per heavy atom. The lowest BCUT2D eigenvalue weighted by atomic mass is 9.87. The zero-order valence-corrected chi connectivity index (χ0v) is 22.9. The first-order valence-electron chi connectivity index (χ1n) is 13.6. The summed E-state index contributed by atoms with van der Waals surface area (Å²) < 4.78 is 5.32. The fourth-order valence-electron chi connectivity index (χ4n) is 5.06. The predicted octanol–water partition coefficient (Wildman–Crippen LogP) is 3.34. The largest absolute Gasteiger partial charge is 0.507 e. The molecule has 0 radical (unpaired) electrons. The summed E-state index contributed by atoms with van der Waals surface area (Å²) in [5, 5.41) is 16.6. The maximum Gasteiger partial charge on any atom is 0.408 e. The minimum absolute atomic E-state index is 0.0228. The van der Waals surface area contributed by atoms with Gasteiger partial charge in [0.2, 0.25) is 17.7 Å². The van der Waals surface area contributed by atoms with E-state index in [0.717, 1.165) is 38.5 Å². The number of nitrogens with two attached hydrogens (primary N) is 1. The Kier molecular flexibility index (Phi) is 9.62. The highest BCUT2D eigenvalue weighted by Crippen LogP contribution is 2.38. The topological polar surface area (TPSA) is 151 Å². The second-order valence-corrected chi connectivity index (χ2v) is 11.5. The zero-order chi connectivity index (χ0) is 28.0. The Morgan fingerprint density at radius 1 is 1.08 bits per heavy atom. The number of benzene rings is 1. The van der Waals surface area contributed by atoms with Gasteiger partial charge in [0.1, 0.15) is 23.4 Å². The van der Waals surface area contributed by atoms with Crippen LogP contribution in [0.3, 0.4) is 0 Å². The van der Waals surface area contributed by atoms with Gasteiger partial charge in [-0.15, -0.1) is 0 Å². The number of primary amides is 1. The normalized spacial score (nSPS) is 18.0.